The van der Waals surface area contributed by atoms with Crippen molar-refractivity contribution in [3.05, 3.63) is 0 Å². The average Bonchev–Trinajstić information content (AvgIpc) is 2.42. The van der Waals surface area contributed by atoms with Crippen molar-refractivity contribution in [2.45, 2.75) is 50.9 Å². The highest BCUT2D eigenvalue weighted by Gasteiger charge is 2.37. The fraction of sp³-hybridized carbons (Fsp3) is 1.00. The molecule has 2 aliphatic rings. The van der Waals surface area contributed by atoms with Crippen LogP contribution in [0.2, 0.25) is 0 Å². The molecule has 2 fully saturated rings. The van der Waals surface area contributed by atoms with Gasteiger partial charge in [0, 0.05) is 19.5 Å². The van der Waals surface area contributed by atoms with E-state index in [0.717, 1.165) is 25.9 Å². The van der Waals surface area contributed by atoms with Gasteiger partial charge in [-0.05, 0) is 39.3 Å². The van der Waals surface area contributed by atoms with Gasteiger partial charge in [0.25, 0.3) is 0 Å². The van der Waals surface area contributed by atoms with Crippen molar-refractivity contribution in [2.75, 3.05) is 26.7 Å². The van der Waals surface area contributed by atoms with E-state index in [9.17, 15) is 0 Å². The Morgan fingerprint density at radius 2 is 2.27 bits per heavy atom. The van der Waals surface area contributed by atoms with E-state index < -0.39 is 0 Å². The van der Waals surface area contributed by atoms with Gasteiger partial charge in [-0.3, -0.25) is 5.32 Å². The summed E-state index contributed by atoms with van der Waals surface area (Å²) in [5.41, 5.74) is 0.00366. The topological polar surface area (TPSA) is 24.5 Å². The third kappa shape index (κ3) is 2.71. The monoisotopic (exact) mass is 212 g/mol. The highest BCUT2D eigenvalue weighted by atomic mass is 16.5. The first-order chi connectivity index (χ1) is 7.24. The Kier molecular flexibility index (Phi) is 3.65. The molecule has 2 aliphatic heterocycles. The van der Waals surface area contributed by atoms with Gasteiger partial charge in [-0.2, -0.15) is 0 Å². The predicted octanol–water partition coefficient (Wildman–Crippen LogP) is 1.59. The molecule has 0 bridgehead atoms. The van der Waals surface area contributed by atoms with Crippen molar-refractivity contribution in [1.82, 2.24) is 10.2 Å². The lowest BCUT2D eigenvalue weighted by Crippen LogP contribution is -2.55. The standard InChI is InChI=1S/C12H24N2O/c1-3-11-5-8-13-12(15-11)6-4-9-14(2)10-7-12/h11,13H,3-10H2,1-2H3. The van der Waals surface area contributed by atoms with Crippen molar-refractivity contribution in [1.29, 1.82) is 0 Å². The third-order valence-corrected chi connectivity index (χ3v) is 3.78. The van der Waals surface area contributed by atoms with E-state index >= 15 is 0 Å². The molecule has 0 saturated carbocycles. The van der Waals surface area contributed by atoms with Crippen LogP contribution < -0.4 is 5.32 Å². The summed E-state index contributed by atoms with van der Waals surface area (Å²) in [5, 5.41) is 3.61. The number of ether oxygens (including phenoxy) is 1. The van der Waals surface area contributed by atoms with E-state index in [-0.39, 0.29) is 5.72 Å². The second-order valence-corrected chi connectivity index (χ2v) is 5.01. The third-order valence-electron chi connectivity index (χ3n) is 3.78. The van der Waals surface area contributed by atoms with Gasteiger partial charge < -0.3 is 9.64 Å². The molecule has 2 saturated heterocycles. The fourth-order valence-corrected chi connectivity index (χ4v) is 2.71. The van der Waals surface area contributed by atoms with Gasteiger partial charge in [0.1, 0.15) is 5.72 Å². The normalized spacial score (nSPS) is 39.2. The van der Waals surface area contributed by atoms with Crippen LogP contribution in [-0.4, -0.2) is 43.4 Å². The van der Waals surface area contributed by atoms with Crippen molar-refractivity contribution < 1.29 is 4.74 Å². The molecular weight excluding hydrogens is 188 g/mol. The molecule has 0 radical (unpaired) electrons. The van der Waals surface area contributed by atoms with Gasteiger partial charge >= 0.3 is 0 Å². The maximum absolute atomic E-state index is 6.25. The Balaban J connectivity index is 1.98. The summed E-state index contributed by atoms with van der Waals surface area (Å²) in [6, 6.07) is 0. The van der Waals surface area contributed by atoms with Crippen LogP contribution in [0.3, 0.4) is 0 Å². The SMILES string of the molecule is CCC1CCNC2(CCCN(C)CC2)O1. The molecule has 0 aromatic heterocycles. The van der Waals surface area contributed by atoms with Crippen molar-refractivity contribution in [2.24, 2.45) is 0 Å². The lowest BCUT2D eigenvalue weighted by molar-refractivity contribution is -0.149. The second-order valence-electron chi connectivity index (χ2n) is 5.01. The highest BCUT2D eigenvalue weighted by Crippen LogP contribution is 2.29. The number of hydrogen-bond donors (Lipinski definition) is 1. The molecule has 3 nitrogen and oxygen atoms in total. The van der Waals surface area contributed by atoms with Crippen LogP contribution in [0.25, 0.3) is 0 Å². The van der Waals surface area contributed by atoms with E-state index in [0.29, 0.717) is 6.10 Å². The van der Waals surface area contributed by atoms with Gasteiger partial charge in [-0.1, -0.05) is 6.92 Å². The van der Waals surface area contributed by atoms with Crippen molar-refractivity contribution >= 4 is 0 Å². The number of hydrogen-bond acceptors (Lipinski definition) is 3. The lowest BCUT2D eigenvalue weighted by atomic mass is 10.0. The quantitative estimate of drug-likeness (QED) is 0.714. The Labute approximate surface area is 93.2 Å². The summed E-state index contributed by atoms with van der Waals surface area (Å²) >= 11 is 0. The zero-order chi connectivity index (χ0) is 10.7. The van der Waals surface area contributed by atoms with Crippen LogP contribution in [0, 0.1) is 0 Å². The minimum absolute atomic E-state index is 0.00366. The van der Waals surface area contributed by atoms with Crippen LogP contribution in [0.4, 0.5) is 0 Å². The van der Waals surface area contributed by atoms with Crippen LogP contribution in [-0.2, 0) is 4.74 Å². The molecule has 0 aliphatic carbocycles. The molecule has 1 N–H and O–H groups in total. The van der Waals surface area contributed by atoms with Gasteiger partial charge in [0.05, 0.1) is 6.10 Å². The summed E-state index contributed by atoms with van der Waals surface area (Å²) in [5.74, 6) is 0. The van der Waals surface area contributed by atoms with Gasteiger partial charge in [-0.15, -0.1) is 0 Å². The molecule has 2 heterocycles. The van der Waals surface area contributed by atoms with Crippen LogP contribution in [0.5, 0.6) is 0 Å². The summed E-state index contributed by atoms with van der Waals surface area (Å²) < 4.78 is 6.25. The number of nitrogens with zero attached hydrogens (tertiary/aromatic N) is 1. The summed E-state index contributed by atoms with van der Waals surface area (Å²) in [4.78, 5) is 2.41. The van der Waals surface area contributed by atoms with Gasteiger partial charge in [-0.25, -0.2) is 0 Å². The molecule has 88 valence electrons. The highest BCUT2D eigenvalue weighted by molar-refractivity contribution is 4.87. The first-order valence-electron chi connectivity index (χ1n) is 6.35. The van der Waals surface area contributed by atoms with Gasteiger partial charge in [0.15, 0.2) is 0 Å². The first-order valence-corrected chi connectivity index (χ1v) is 6.35. The summed E-state index contributed by atoms with van der Waals surface area (Å²) in [6.45, 7) is 5.72. The zero-order valence-corrected chi connectivity index (χ0v) is 10.1. The maximum atomic E-state index is 6.25. The Hall–Kier alpha value is -0.120. The minimum atomic E-state index is 0.00366. The van der Waals surface area contributed by atoms with Crippen LogP contribution >= 0.6 is 0 Å². The molecule has 0 amide bonds. The first kappa shape index (κ1) is 11.4. The van der Waals surface area contributed by atoms with E-state index in [1.807, 2.05) is 0 Å². The number of nitrogens with one attached hydrogen (secondary N) is 1. The number of rotatable bonds is 1. The predicted molar refractivity (Wildman–Crippen MR) is 61.9 cm³/mol. The molecule has 0 aromatic rings. The van der Waals surface area contributed by atoms with E-state index in [4.69, 9.17) is 4.74 Å². The Morgan fingerprint density at radius 1 is 1.40 bits per heavy atom. The largest absolute Gasteiger partial charge is 0.357 e. The molecule has 15 heavy (non-hydrogen) atoms. The molecule has 1 spiro atoms. The van der Waals surface area contributed by atoms with Crippen molar-refractivity contribution in [3.8, 4) is 0 Å². The Bertz CT molecular complexity index is 210. The van der Waals surface area contributed by atoms with Crippen LogP contribution in [0.15, 0.2) is 0 Å². The minimum Gasteiger partial charge on any atom is -0.357 e. The molecule has 2 unspecified atom stereocenters. The smallest absolute Gasteiger partial charge is 0.120 e. The Morgan fingerprint density at radius 3 is 3.07 bits per heavy atom. The summed E-state index contributed by atoms with van der Waals surface area (Å²) in [7, 11) is 2.21. The fourth-order valence-electron chi connectivity index (χ4n) is 2.71. The average molecular weight is 212 g/mol. The van der Waals surface area contributed by atoms with E-state index in [1.165, 1.54) is 25.8 Å². The van der Waals surface area contributed by atoms with E-state index in [2.05, 4.69) is 24.2 Å². The molecular formula is C12H24N2O. The zero-order valence-electron chi connectivity index (χ0n) is 10.1. The maximum Gasteiger partial charge on any atom is 0.120 e. The molecule has 2 atom stereocenters. The second kappa shape index (κ2) is 4.81. The van der Waals surface area contributed by atoms with E-state index in [1.54, 1.807) is 0 Å². The lowest BCUT2D eigenvalue weighted by Gasteiger charge is -2.41. The van der Waals surface area contributed by atoms with Gasteiger partial charge in [0.2, 0.25) is 0 Å². The molecule has 3 heteroatoms. The molecule has 0 aromatic carbocycles. The summed E-state index contributed by atoms with van der Waals surface area (Å²) in [6.07, 6.45) is 6.37. The van der Waals surface area contributed by atoms with Crippen molar-refractivity contribution in [3.63, 3.8) is 0 Å². The number of likely N-dealkylation sites (tertiary alicyclic amines) is 1. The molecule has 2 rings (SSSR count). The van der Waals surface area contributed by atoms with Crippen LogP contribution in [0.1, 0.15) is 39.0 Å².